The van der Waals surface area contributed by atoms with Gasteiger partial charge in [0.2, 0.25) is 0 Å². The van der Waals surface area contributed by atoms with Crippen LogP contribution in [0.15, 0.2) is 45.6 Å². The molecule has 19 heavy (non-hydrogen) atoms. The molecule has 5 heteroatoms. The summed E-state index contributed by atoms with van der Waals surface area (Å²) < 4.78 is 15.8. The van der Waals surface area contributed by atoms with Gasteiger partial charge in [-0.1, -0.05) is 38.8 Å². The Balaban J connectivity index is 2.48. The quantitative estimate of drug-likeness (QED) is 0.838. The van der Waals surface area contributed by atoms with Crippen molar-refractivity contribution in [2.45, 2.75) is 13.0 Å². The van der Waals surface area contributed by atoms with Crippen LogP contribution in [-0.2, 0) is 0 Å². The first-order chi connectivity index (χ1) is 9.11. The van der Waals surface area contributed by atoms with Crippen LogP contribution in [0.3, 0.4) is 0 Å². The van der Waals surface area contributed by atoms with E-state index in [9.17, 15) is 4.39 Å². The molecule has 2 nitrogen and oxygen atoms in total. The highest BCUT2D eigenvalue weighted by molar-refractivity contribution is 9.11. The first-order valence-electron chi connectivity index (χ1n) is 5.90. The number of hydrogen-bond acceptors (Lipinski definition) is 2. The lowest BCUT2D eigenvalue weighted by atomic mass is 9.99. The minimum atomic E-state index is -0.301. The third-order valence-corrected chi connectivity index (χ3v) is 3.66. The summed E-state index contributed by atoms with van der Waals surface area (Å²) in [6.07, 6.45) is 2.85. The number of rotatable bonds is 4. The van der Waals surface area contributed by atoms with Crippen LogP contribution in [0.5, 0.6) is 0 Å². The highest BCUT2D eigenvalue weighted by Crippen LogP contribution is 2.29. The smallest absolute Gasteiger partial charge is 0.146 e. The number of halogens is 3. The van der Waals surface area contributed by atoms with Crippen LogP contribution in [0, 0.1) is 5.82 Å². The molecule has 2 rings (SSSR count). The van der Waals surface area contributed by atoms with Gasteiger partial charge in [0.15, 0.2) is 0 Å². The Morgan fingerprint density at radius 1 is 1.26 bits per heavy atom. The molecule has 1 aromatic carbocycles. The van der Waals surface area contributed by atoms with Crippen molar-refractivity contribution in [3.05, 3.63) is 62.5 Å². The molecule has 100 valence electrons. The second-order valence-corrected chi connectivity index (χ2v) is 5.92. The van der Waals surface area contributed by atoms with Crippen molar-refractivity contribution in [3.8, 4) is 0 Å². The predicted molar refractivity (Wildman–Crippen MR) is 81.6 cm³/mol. The van der Waals surface area contributed by atoms with Gasteiger partial charge in [0.05, 0.1) is 12.2 Å². The summed E-state index contributed by atoms with van der Waals surface area (Å²) in [5, 5.41) is 3.30. The van der Waals surface area contributed by atoms with Crippen LogP contribution < -0.4 is 5.32 Å². The third kappa shape index (κ3) is 3.61. The van der Waals surface area contributed by atoms with Crippen LogP contribution >= 0.6 is 31.9 Å². The summed E-state index contributed by atoms with van der Waals surface area (Å²) in [6, 6.07) is 7.43. The van der Waals surface area contributed by atoms with E-state index in [1.54, 1.807) is 12.3 Å². The van der Waals surface area contributed by atoms with Crippen molar-refractivity contribution < 1.29 is 4.39 Å². The lowest BCUT2D eigenvalue weighted by Gasteiger charge is -2.20. The van der Waals surface area contributed by atoms with E-state index in [0.717, 1.165) is 21.1 Å². The molecule has 0 aliphatic rings. The Bertz CT molecular complexity index is 555. The summed E-state index contributed by atoms with van der Waals surface area (Å²) >= 11 is 6.92. The predicted octanol–water partition coefficient (Wildman–Crippen LogP) is 4.44. The highest BCUT2D eigenvalue weighted by atomic mass is 79.9. The van der Waals surface area contributed by atoms with Gasteiger partial charge in [-0.2, -0.15) is 0 Å². The molecule has 0 amide bonds. The molecule has 0 saturated heterocycles. The van der Waals surface area contributed by atoms with E-state index in [1.165, 1.54) is 6.20 Å². The Hall–Kier alpha value is -0.780. The number of benzene rings is 1. The summed E-state index contributed by atoms with van der Waals surface area (Å²) in [5.41, 5.74) is 1.59. The van der Waals surface area contributed by atoms with Gasteiger partial charge >= 0.3 is 0 Å². The number of pyridine rings is 1. The second-order valence-electron chi connectivity index (χ2n) is 4.09. The van der Waals surface area contributed by atoms with Gasteiger partial charge < -0.3 is 5.32 Å². The molecule has 1 N–H and O–H groups in total. The normalized spacial score (nSPS) is 12.4. The fourth-order valence-electron chi connectivity index (χ4n) is 1.97. The van der Waals surface area contributed by atoms with E-state index in [4.69, 9.17) is 0 Å². The van der Waals surface area contributed by atoms with Gasteiger partial charge in [0, 0.05) is 20.7 Å². The molecule has 2 aromatic rings. The van der Waals surface area contributed by atoms with Crippen LogP contribution in [-0.4, -0.2) is 11.5 Å². The van der Waals surface area contributed by atoms with Gasteiger partial charge in [-0.05, 0) is 36.4 Å². The van der Waals surface area contributed by atoms with Crippen molar-refractivity contribution in [1.29, 1.82) is 0 Å². The zero-order chi connectivity index (χ0) is 13.8. The molecular formula is C14H13Br2FN2. The van der Waals surface area contributed by atoms with Crippen molar-refractivity contribution in [1.82, 2.24) is 10.3 Å². The first kappa shape index (κ1) is 14.6. The molecule has 0 saturated carbocycles. The average Bonchev–Trinajstić information content (AvgIpc) is 2.36. The fourth-order valence-corrected chi connectivity index (χ4v) is 3.30. The zero-order valence-electron chi connectivity index (χ0n) is 10.3. The molecule has 0 radical (unpaired) electrons. The van der Waals surface area contributed by atoms with Crippen molar-refractivity contribution in [2.24, 2.45) is 0 Å². The van der Waals surface area contributed by atoms with Gasteiger partial charge in [-0.3, -0.25) is 4.98 Å². The monoisotopic (exact) mass is 386 g/mol. The van der Waals surface area contributed by atoms with E-state index in [0.29, 0.717) is 5.56 Å². The third-order valence-electron chi connectivity index (χ3n) is 2.74. The number of aromatic nitrogens is 1. The van der Waals surface area contributed by atoms with Gasteiger partial charge in [0.1, 0.15) is 5.82 Å². The van der Waals surface area contributed by atoms with E-state index < -0.39 is 0 Å². The second kappa shape index (κ2) is 6.59. The fraction of sp³-hybridized carbons (Fsp3) is 0.214. The highest BCUT2D eigenvalue weighted by Gasteiger charge is 2.17. The van der Waals surface area contributed by atoms with E-state index >= 15 is 0 Å². The largest absolute Gasteiger partial charge is 0.306 e. The summed E-state index contributed by atoms with van der Waals surface area (Å²) in [4.78, 5) is 3.79. The Morgan fingerprint density at radius 2 is 1.95 bits per heavy atom. The molecule has 0 bridgehead atoms. The average molecular weight is 388 g/mol. The van der Waals surface area contributed by atoms with Crippen molar-refractivity contribution >= 4 is 31.9 Å². The molecule has 1 atom stereocenters. The SMILES string of the molecule is CCNC(c1cc(Br)cc(Br)c1)c1ccncc1F. The van der Waals surface area contributed by atoms with E-state index in [2.05, 4.69) is 42.2 Å². The maximum absolute atomic E-state index is 13.9. The molecule has 1 heterocycles. The van der Waals surface area contributed by atoms with Crippen LogP contribution in [0.4, 0.5) is 4.39 Å². The number of hydrogen-bond donors (Lipinski definition) is 1. The Kier molecular flexibility index (Phi) is 5.07. The molecular weight excluding hydrogens is 375 g/mol. The summed E-state index contributed by atoms with van der Waals surface area (Å²) in [6.45, 7) is 2.75. The van der Waals surface area contributed by atoms with Crippen LogP contribution in [0.25, 0.3) is 0 Å². The summed E-state index contributed by atoms with van der Waals surface area (Å²) in [7, 11) is 0. The van der Waals surface area contributed by atoms with Gasteiger partial charge in [0.25, 0.3) is 0 Å². The Morgan fingerprint density at radius 3 is 2.53 bits per heavy atom. The molecule has 0 aliphatic carbocycles. The summed E-state index contributed by atoms with van der Waals surface area (Å²) in [5.74, 6) is -0.301. The lowest BCUT2D eigenvalue weighted by molar-refractivity contribution is 0.554. The van der Waals surface area contributed by atoms with E-state index in [1.807, 2.05) is 25.1 Å². The number of nitrogens with zero attached hydrogens (tertiary/aromatic N) is 1. The van der Waals surface area contributed by atoms with Gasteiger partial charge in [-0.15, -0.1) is 0 Å². The topological polar surface area (TPSA) is 24.9 Å². The molecule has 0 fully saturated rings. The molecule has 1 aromatic heterocycles. The maximum Gasteiger partial charge on any atom is 0.146 e. The van der Waals surface area contributed by atoms with E-state index in [-0.39, 0.29) is 11.9 Å². The Labute approximate surface area is 128 Å². The zero-order valence-corrected chi connectivity index (χ0v) is 13.5. The molecule has 0 spiro atoms. The maximum atomic E-state index is 13.9. The van der Waals surface area contributed by atoms with Crippen molar-refractivity contribution in [2.75, 3.05) is 6.54 Å². The van der Waals surface area contributed by atoms with Crippen LogP contribution in [0.2, 0.25) is 0 Å². The van der Waals surface area contributed by atoms with Crippen LogP contribution in [0.1, 0.15) is 24.1 Å². The van der Waals surface area contributed by atoms with Crippen molar-refractivity contribution in [3.63, 3.8) is 0 Å². The minimum Gasteiger partial charge on any atom is -0.306 e. The molecule has 1 unspecified atom stereocenters. The standard InChI is InChI=1S/C14H13Br2FN2/c1-2-19-14(12-3-4-18-8-13(12)17)9-5-10(15)7-11(16)6-9/h3-8,14,19H,2H2,1H3. The first-order valence-corrected chi connectivity index (χ1v) is 7.49. The lowest BCUT2D eigenvalue weighted by Crippen LogP contribution is -2.23. The minimum absolute atomic E-state index is 0.193. The van der Waals surface area contributed by atoms with Gasteiger partial charge in [-0.25, -0.2) is 4.39 Å². The number of nitrogens with one attached hydrogen (secondary N) is 1. The molecule has 0 aliphatic heterocycles.